The van der Waals surface area contributed by atoms with Crippen LogP contribution >= 0.6 is 23.8 Å². The summed E-state index contributed by atoms with van der Waals surface area (Å²) in [6.07, 6.45) is 7.29. The number of halogens is 1. The van der Waals surface area contributed by atoms with Gasteiger partial charge in [0.25, 0.3) is 0 Å². The first-order valence-electron chi connectivity index (χ1n) is 9.70. The van der Waals surface area contributed by atoms with Crippen LogP contribution in [-0.2, 0) is 0 Å². The molecule has 31 heavy (non-hydrogen) atoms. The van der Waals surface area contributed by atoms with Gasteiger partial charge in [0.2, 0.25) is 0 Å². The van der Waals surface area contributed by atoms with E-state index in [1.54, 1.807) is 36.8 Å². The highest BCUT2D eigenvalue weighted by Crippen LogP contribution is 2.45. The first-order valence-corrected chi connectivity index (χ1v) is 10.5. The van der Waals surface area contributed by atoms with Gasteiger partial charge < -0.3 is 19.9 Å². The van der Waals surface area contributed by atoms with Crippen LogP contribution < -0.4 is 10.2 Å². The third kappa shape index (κ3) is 3.52. The molecule has 1 aliphatic heterocycles. The van der Waals surface area contributed by atoms with Crippen LogP contribution in [0.25, 0.3) is 5.69 Å². The van der Waals surface area contributed by atoms with Crippen molar-refractivity contribution in [3.05, 3.63) is 102 Å². The number of hydrogen-bond donors (Lipinski definition) is 2. The summed E-state index contributed by atoms with van der Waals surface area (Å²) in [5.74, 6) is 0.0969. The van der Waals surface area contributed by atoms with E-state index in [1.807, 2.05) is 53.6 Å². The molecule has 154 valence electrons. The van der Waals surface area contributed by atoms with E-state index in [1.165, 1.54) is 0 Å². The van der Waals surface area contributed by atoms with Crippen LogP contribution in [0.3, 0.4) is 0 Å². The number of hydrogen-bond acceptors (Lipinski definition) is 4. The van der Waals surface area contributed by atoms with Gasteiger partial charge in [0.15, 0.2) is 5.11 Å². The summed E-state index contributed by atoms with van der Waals surface area (Å²) in [6.45, 7) is 0. The lowest BCUT2D eigenvalue weighted by molar-refractivity contribution is 0.472. The lowest BCUT2D eigenvalue weighted by Crippen LogP contribution is -2.30. The molecule has 0 aliphatic carbocycles. The van der Waals surface area contributed by atoms with Crippen molar-refractivity contribution < 1.29 is 5.11 Å². The number of rotatable bonds is 4. The lowest BCUT2D eigenvalue weighted by atomic mass is 10.0. The zero-order valence-corrected chi connectivity index (χ0v) is 17.8. The number of thiocarbonyl (C=S) groups is 1. The molecule has 8 heteroatoms. The highest BCUT2D eigenvalue weighted by Gasteiger charge is 2.43. The smallest absolute Gasteiger partial charge is 0.174 e. The quantitative estimate of drug-likeness (QED) is 0.438. The molecule has 3 aromatic heterocycles. The molecular formula is C23H18ClN5OS. The SMILES string of the molecule is Oc1ccc(Cl)cc1N1C(=S)N[C@@H](c2ccccn2)[C@H]1c1cccn1-c1cccnc1. The first-order chi connectivity index (χ1) is 15.1. The Hall–Kier alpha value is -3.42. The maximum atomic E-state index is 10.7. The van der Waals surface area contributed by atoms with Crippen molar-refractivity contribution in [1.29, 1.82) is 0 Å². The van der Waals surface area contributed by atoms with Gasteiger partial charge in [-0.05, 0) is 66.8 Å². The predicted octanol–water partition coefficient (Wildman–Crippen LogP) is 4.80. The molecule has 0 amide bonds. The molecule has 2 N–H and O–H groups in total. The molecule has 2 atom stereocenters. The van der Waals surface area contributed by atoms with Gasteiger partial charge in [0.05, 0.1) is 29.3 Å². The van der Waals surface area contributed by atoms with Crippen LogP contribution in [0.4, 0.5) is 5.69 Å². The van der Waals surface area contributed by atoms with E-state index in [0.717, 1.165) is 17.1 Å². The Morgan fingerprint density at radius 2 is 1.94 bits per heavy atom. The summed E-state index contributed by atoms with van der Waals surface area (Å²) >= 11 is 12.0. The van der Waals surface area contributed by atoms with Crippen LogP contribution in [0.2, 0.25) is 5.02 Å². The third-order valence-electron chi connectivity index (χ3n) is 5.30. The number of nitrogens with one attached hydrogen (secondary N) is 1. The van der Waals surface area contributed by atoms with E-state index < -0.39 is 0 Å². The number of anilines is 1. The summed E-state index contributed by atoms with van der Waals surface area (Å²) in [5.41, 5.74) is 3.27. The lowest BCUT2D eigenvalue weighted by Gasteiger charge is -2.29. The molecule has 0 saturated carbocycles. The Morgan fingerprint density at radius 1 is 1.03 bits per heavy atom. The fourth-order valence-corrected chi connectivity index (χ4v) is 4.48. The largest absolute Gasteiger partial charge is 0.506 e. The number of pyridine rings is 2. The van der Waals surface area contributed by atoms with Gasteiger partial charge in [0, 0.05) is 29.3 Å². The van der Waals surface area contributed by atoms with Crippen molar-refractivity contribution in [3.8, 4) is 11.4 Å². The minimum Gasteiger partial charge on any atom is -0.506 e. The molecule has 1 saturated heterocycles. The van der Waals surface area contributed by atoms with Crippen LogP contribution in [0.5, 0.6) is 5.75 Å². The molecule has 1 fully saturated rings. The van der Waals surface area contributed by atoms with E-state index in [2.05, 4.69) is 19.9 Å². The summed E-state index contributed by atoms with van der Waals surface area (Å²) in [6, 6.07) is 18.1. The first kappa shape index (κ1) is 19.5. The molecule has 0 radical (unpaired) electrons. The Kier molecular flexibility index (Phi) is 5.05. The van der Waals surface area contributed by atoms with E-state index in [0.29, 0.717) is 15.8 Å². The zero-order chi connectivity index (χ0) is 21.4. The van der Waals surface area contributed by atoms with Gasteiger partial charge >= 0.3 is 0 Å². The second kappa shape index (κ2) is 8.02. The van der Waals surface area contributed by atoms with Crippen molar-refractivity contribution in [1.82, 2.24) is 19.9 Å². The molecule has 4 aromatic rings. The van der Waals surface area contributed by atoms with Gasteiger partial charge in [-0.1, -0.05) is 17.7 Å². The fourth-order valence-electron chi connectivity index (χ4n) is 3.97. The van der Waals surface area contributed by atoms with Gasteiger partial charge in [-0.15, -0.1) is 0 Å². The van der Waals surface area contributed by atoms with Crippen LogP contribution in [-0.4, -0.2) is 24.8 Å². The highest BCUT2D eigenvalue weighted by atomic mass is 35.5. The Balaban J connectivity index is 1.70. The molecule has 0 spiro atoms. The van der Waals surface area contributed by atoms with Crippen LogP contribution in [0.1, 0.15) is 23.5 Å². The summed E-state index contributed by atoms with van der Waals surface area (Å²) in [5, 5.41) is 15.0. The summed E-state index contributed by atoms with van der Waals surface area (Å²) < 4.78 is 2.07. The molecule has 0 unspecified atom stereocenters. The standard InChI is InChI=1S/C23H18ClN5OS/c24-15-8-9-20(30)19(13-15)29-22(21(27-23(29)31)17-6-1-2-11-26-17)18-7-4-12-28(18)16-5-3-10-25-14-16/h1-14,21-22,30H,(H,27,31)/t21-,22+/m0/s1. The van der Waals surface area contributed by atoms with Crippen molar-refractivity contribution >= 4 is 34.6 Å². The zero-order valence-electron chi connectivity index (χ0n) is 16.3. The van der Waals surface area contributed by atoms with Crippen molar-refractivity contribution in [3.63, 3.8) is 0 Å². The topological polar surface area (TPSA) is 66.2 Å². The van der Waals surface area contributed by atoms with E-state index >= 15 is 0 Å². The van der Waals surface area contributed by atoms with Gasteiger partial charge in [-0.3, -0.25) is 9.97 Å². The monoisotopic (exact) mass is 447 g/mol. The molecule has 1 aromatic carbocycles. The molecule has 0 bridgehead atoms. The van der Waals surface area contributed by atoms with Crippen molar-refractivity contribution in [2.75, 3.05) is 4.90 Å². The highest BCUT2D eigenvalue weighted by molar-refractivity contribution is 7.80. The predicted molar refractivity (Wildman–Crippen MR) is 125 cm³/mol. The fraction of sp³-hybridized carbons (Fsp3) is 0.0870. The average molecular weight is 448 g/mol. The maximum absolute atomic E-state index is 10.7. The summed E-state index contributed by atoms with van der Waals surface area (Å²) in [4.78, 5) is 10.7. The average Bonchev–Trinajstić information content (AvgIpc) is 3.41. The molecule has 4 heterocycles. The molecule has 1 aliphatic rings. The second-order valence-electron chi connectivity index (χ2n) is 7.14. The maximum Gasteiger partial charge on any atom is 0.174 e. The van der Waals surface area contributed by atoms with E-state index in [9.17, 15) is 5.11 Å². The van der Waals surface area contributed by atoms with Crippen LogP contribution in [0, 0.1) is 0 Å². The molecular weight excluding hydrogens is 430 g/mol. The Morgan fingerprint density at radius 3 is 2.71 bits per heavy atom. The number of aromatic nitrogens is 3. The number of phenols is 1. The number of benzene rings is 1. The Labute approximate surface area is 189 Å². The molecule has 5 rings (SSSR count). The number of phenolic OH excluding ortho intramolecular Hbond substituents is 1. The number of nitrogens with zero attached hydrogens (tertiary/aromatic N) is 4. The van der Waals surface area contributed by atoms with Crippen molar-refractivity contribution in [2.45, 2.75) is 12.1 Å². The van der Waals surface area contributed by atoms with Crippen molar-refractivity contribution in [2.24, 2.45) is 0 Å². The summed E-state index contributed by atoms with van der Waals surface area (Å²) in [7, 11) is 0. The normalized spacial score (nSPS) is 18.2. The Bertz CT molecular complexity index is 1230. The van der Waals surface area contributed by atoms with Crippen LogP contribution in [0.15, 0.2) is 85.5 Å². The van der Waals surface area contributed by atoms with E-state index in [4.69, 9.17) is 23.8 Å². The minimum absolute atomic E-state index is 0.0969. The molecule has 6 nitrogen and oxygen atoms in total. The van der Waals surface area contributed by atoms with E-state index in [-0.39, 0.29) is 17.8 Å². The number of aromatic hydroxyl groups is 1. The third-order valence-corrected chi connectivity index (χ3v) is 5.85. The van der Waals surface area contributed by atoms with Gasteiger partial charge in [-0.2, -0.15) is 0 Å². The van der Waals surface area contributed by atoms with Gasteiger partial charge in [0.1, 0.15) is 11.8 Å². The second-order valence-corrected chi connectivity index (χ2v) is 7.97. The minimum atomic E-state index is -0.290. The van der Waals surface area contributed by atoms with Gasteiger partial charge in [-0.25, -0.2) is 0 Å².